The van der Waals surface area contributed by atoms with Crippen molar-refractivity contribution in [1.82, 2.24) is 4.90 Å². The predicted octanol–water partition coefficient (Wildman–Crippen LogP) is 2.39. The summed E-state index contributed by atoms with van der Waals surface area (Å²) in [6, 6.07) is 0. The molecule has 14 heavy (non-hydrogen) atoms. The van der Waals surface area contributed by atoms with Gasteiger partial charge in [0, 0.05) is 26.7 Å². The first kappa shape index (κ1) is 12.0. The number of methoxy groups -OCH3 is 1. The topological polar surface area (TPSA) is 12.5 Å². The van der Waals surface area contributed by atoms with Gasteiger partial charge in [0.05, 0.1) is 6.10 Å². The van der Waals surface area contributed by atoms with Crippen molar-refractivity contribution in [2.75, 3.05) is 26.7 Å². The molecule has 2 heteroatoms. The van der Waals surface area contributed by atoms with Crippen molar-refractivity contribution in [3.63, 3.8) is 0 Å². The van der Waals surface area contributed by atoms with E-state index in [-0.39, 0.29) is 0 Å². The highest BCUT2D eigenvalue weighted by molar-refractivity contribution is 4.80. The molecule has 0 spiro atoms. The van der Waals surface area contributed by atoms with Crippen molar-refractivity contribution < 1.29 is 4.74 Å². The van der Waals surface area contributed by atoms with Gasteiger partial charge in [-0.1, -0.05) is 27.7 Å². The maximum Gasteiger partial charge on any atom is 0.0710 e. The van der Waals surface area contributed by atoms with Crippen molar-refractivity contribution in [2.45, 2.75) is 40.2 Å². The van der Waals surface area contributed by atoms with E-state index in [1.807, 2.05) is 7.11 Å². The molecule has 0 saturated carbocycles. The van der Waals surface area contributed by atoms with Crippen LogP contribution in [0.15, 0.2) is 0 Å². The number of likely N-dealkylation sites (tertiary alicyclic amines) is 1. The van der Waals surface area contributed by atoms with Crippen molar-refractivity contribution >= 4 is 0 Å². The highest BCUT2D eigenvalue weighted by Gasteiger charge is 2.27. The molecule has 1 saturated heterocycles. The molecule has 1 rings (SSSR count). The fraction of sp³-hybridized carbons (Fsp3) is 1.00. The molecule has 0 aliphatic carbocycles. The van der Waals surface area contributed by atoms with Crippen LogP contribution in [0.25, 0.3) is 0 Å². The summed E-state index contributed by atoms with van der Waals surface area (Å²) in [5.74, 6) is 0.748. The molecule has 2 atom stereocenters. The highest BCUT2D eigenvalue weighted by Crippen LogP contribution is 2.27. The Morgan fingerprint density at radius 3 is 2.50 bits per heavy atom. The first-order valence-electron chi connectivity index (χ1n) is 5.68. The van der Waals surface area contributed by atoms with Crippen LogP contribution in [0, 0.1) is 11.3 Å². The van der Waals surface area contributed by atoms with E-state index < -0.39 is 0 Å². The molecule has 0 aromatic carbocycles. The summed E-state index contributed by atoms with van der Waals surface area (Å²) < 4.78 is 5.37. The Morgan fingerprint density at radius 1 is 1.43 bits per heavy atom. The SMILES string of the molecule is CO[C@@H]1CCN(C[C@@H](C)C(C)(C)C)C1. The lowest BCUT2D eigenvalue weighted by atomic mass is 9.82. The molecule has 0 aromatic rings. The molecule has 0 unspecified atom stereocenters. The second-order valence-electron chi connectivity index (χ2n) is 5.67. The van der Waals surface area contributed by atoms with E-state index in [1.54, 1.807) is 0 Å². The Labute approximate surface area is 88.6 Å². The third-order valence-electron chi connectivity index (χ3n) is 3.57. The van der Waals surface area contributed by atoms with Gasteiger partial charge in [-0.3, -0.25) is 0 Å². The van der Waals surface area contributed by atoms with Crippen LogP contribution in [0.3, 0.4) is 0 Å². The Bertz CT molecular complexity index is 174. The minimum Gasteiger partial charge on any atom is -0.380 e. The van der Waals surface area contributed by atoms with Crippen LogP contribution in [0.5, 0.6) is 0 Å². The molecular formula is C12H25NO. The lowest BCUT2D eigenvalue weighted by Gasteiger charge is -2.31. The van der Waals surface area contributed by atoms with Crippen LogP contribution < -0.4 is 0 Å². The summed E-state index contributed by atoms with van der Waals surface area (Å²) in [5.41, 5.74) is 0.422. The molecular weight excluding hydrogens is 174 g/mol. The monoisotopic (exact) mass is 199 g/mol. The largest absolute Gasteiger partial charge is 0.380 e. The minimum atomic E-state index is 0.422. The molecule has 0 bridgehead atoms. The standard InChI is InChI=1S/C12H25NO/c1-10(12(2,3)4)8-13-7-6-11(9-13)14-5/h10-11H,6-9H2,1-5H3/t10-,11-/m1/s1. The van der Waals surface area contributed by atoms with Gasteiger partial charge in [-0.15, -0.1) is 0 Å². The summed E-state index contributed by atoms with van der Waals surface area (Å²) >= 11 is 0. The van der Waals surface area contributed by atoms with Crippen molar-refractivity contribution in [3.8, 4) is 0 Å². The predicted molar refractivity (Wildman–Crippen MR) is 60.5 cm³/mol. The summed E-state index contributed by atoms with van der Waals surface area (Å²) in [4.78, 5) is 2.53. The van der Waals surface area contributed by atoms with E-state index in [0.29, 0.717) is 11.5 Å². The third-order valence-corrected chi connectivity index (χ3v) is 3.57. The Morgan fingerprint density at radius 2 is 2.07 bits per heavy atom. The van der Waals surface area contributed by atoms with Gasteiger partial charge < -0.3 is 9.64 Å². The molecule has 1 aliphatic rings. The van der Waals surface area contributed by atoms with E-state index in [9.17, 15) is 0 Å². The number of ether oxygens (including phenoxy) is 1. The molecule has 0 aromatic heterocycles. The molecule has 1 aliphatic heterocycles. The Hall–Kier alpha value is -0.0800. The second-order valence-corrected chi connectivity index (χ2v) is 5.67. The van der Waals surface area contributed by atoms with Crippen molar-refractivity contribution in [3.05, 3.63) is 0 Å². The lowest BCUT2D eigenvalue weighted by molar-refractivity contribution is 0.100. The summed E-state index contributed by atoms with van der Waals surface area (Å²) in [6.07, 6.45) is 1.68. The van der Waals surface area contributed by atoms with Crippen LogP contribution in [-0.4, -0.2) is 37.7 Å². The maximum absolute atomic E-state index is 5.37. The first-order chi connectivity index (χ1) is 6.43. The molecule has 2 nitrogen and oxygen atoms in total. The van der Waals surface area contributed by atoms with E-state index >= 15 is 0 Å². The van der Waals surface area contributed by atoms with Gasteiger partial charge in [0.2, 0.25) is 0 Å². The average molecular weight is 199 g/mol. The molecule has 1 fully saturated rings. The van der Waals surface area contributed by atoms with Gasteiger partial charge in [0.15, 0.2) is 0 Å². The van der Waals surface area contributed by atoms with Gasteiger partial charge in [0.25, 0.3) is 0 Å². The van der Waals surface area contributed by atoms with Gasteiger partial charge in [-0.05, 0) is 17.8 Å². The zero-order valence-corrected chi connectivity index (χ0v) is 10.3. The zero-order valence-electron chi connectivity index (χ0n) is 10.3. The van der Waals surface area contributed by atoms with E-state index in [2.05, 4.69) is 32.6 Å². The quantitative estimate of drug-likeness (QED) is 0.692. The molecule has 84 valence electrons. The van der Waals surface area contributed by atoms with Gasteiger partial charge in [-0.2, -0.15) is 0 Å². The molecule has 0 N–H and O–H groups in total. The summed E-state index contributed by atoms with van der Waals surface area (Å²) in [5, 5.41) is 0. The van der Waals surface area contributed by atoms with Gasteiger partial charge in [0.1, 0.15) is 0 Å². The average Bonchev–Trinajstić information content (AvgIpc) is 2.50. The Balaban J connectivity index is 2.32. The maximum atomic E-state index is 5.37. The fourth-order valence-electron chi connectivity index (χ4n) is 1.82. The number of hydrogen-bond acceptors (Lipinski definition) is 2. The minimum absolute atomic E-state index is 0.422. The van der Waals surface area contributed by atoms with Crippen LogP contribution >= 0.6 is 0 Å². The van der Waals surface area contributed by atoms with Gasteiger partial charge >= 0.3 is 0 Å². The summed E-state index contributed by atoms with van der Waals surface area (Å²) in [7, 11) is 1.82. The highest BCUT2D eigenvalue weighted by atomic mass is 16.5. The smallest absolute Gasteiger partial charge is 0.0710 e. The summed E-state index contributed by atoms with van der Waals surface area (Å²) in [6.45, 7) is 12.9. The number of hydrogen-bond donors (Lipinski definition) is 0. The zero-order chi connectivity index (χ0) is 10.8. The normalized spacial score (nSPS) is 26.8. The molecule has 1 heterocycles. The number of nitrogens with zero attached hydrogens (tertiary/aromatic N) is 1. The van der Waals surface area contributed by atoms with Gasteiger partial charge in [-0.25, -0.2) is 0 Å². The van der Waals surface area contributed by atoms with Crippen molar-refractivity contribution in [1.29, 1.82) is 0 Å². The van der Waals surface area contributed by atoms with E-state index in [1.165, 1.54) is 19.5 Å². The van der Waals surface area contributed by atoms with Crippen LogP contribution in [0.1, 0.15) is 34.1 Å². The lowest BCUT2D eigenvalue weighted by Crippen LogP contribution is -2.33. The second kappa shape index (κ2) is 4.63. The first-order valence-corrected chi connectivity index (χ1v) is 5.68. The number of rotatable bonds is 3. The Kier molecular flexibility index (Phi) is 3.96. The molecule has 0 radical (unpaired) electrons. The van der Waals surface area contributed by atoms with Crippen molar-refractivity contribution in [2.24, 2.45) is 11.3 Å². The third kappa shape index (κ3) is 3.25. The van der Waals surface area contributed by atoms with E-state index in [4.69, 9.17) is 4.74 Å². The molecule has 0 amide bonds. The van der Waals surface area contributed by atoms with Crippen LogP contribution in [-0.2, 0) is 4.74 Å². The van der Waals surface area contributed by atoms with Crippen LogP contribution in [0.4, 0.5) is 0 Å². The van der Waals surface area contributed by atoms with E-state index in [0.717, 1.165) is 12.5 Å². The van der Waals surface area contributed by atoms with Crippen LogP contribution in [0.2, 0.25) is 0 Å². The fourth-order valence-corrected chi connectivity index (χ4v) is 1.82.